The predicted molar refractivity (Wildman–Crippen MR) is 35.0 cm³/mol. The Morgan fingerprint density at radius 3 is 2.88 bits per heavy atom. The van der Waals surface area contributed by atoms with E-state index in [1.807, 2.05) is 0 Å². The number of nitrogens with two attached hydrogens (primary N) is 1. The fourth-order valence-electron chi connectivity index (χ4n) is 0.389. The standard InChI is InChI=1S/C4H5ClN2S/c5-4-3(1-6)8-2-7-4/h2H,1,6H2. The molecule has 1 aromatic rings. The molecule has 0 atom stereocenters. The van der Waals surface area contributed by atoms with Crippen LogP contribution in [0.5, 0.6) is 0 Å². The molecule has 0 unspecified atom stereocenters. The van der Waals surface area contributed by atoms with Gasteiger partial charge >= 0.3 is 0 Å². The lowest BCUT2D eigenvalue weighted by Gasteiger charge is -1.83. The molecule has 44 valence electrons. The molecule has 0 amide bonds. The first-order chi connectivity index (χ1) is 3.84. The van der Waals surface area contributed by atoms with Crippen molar-refractivity contribution in [2.24, 2.45) is 5.73 Å². The minimum atomic E-state index is 0.490. The molecule has 1 rings (SSSR count). The lowest BCUT2D eigenvalue weighted by Crippen LogP contribution is -1.92. The molecule has 0 fully saturated rings. The Bertz CT molecular complexity index is 174. The van der Waals surface area contributed by atoms with Gasteiger partial charge in [0, 0.05) is 6.54 Å². The molecule has 0 aromatic carbocycles. The Balaban J connectivity index is 2.92. The number of aromatic nitrogens is 1. The van der Waals surface area contributed by atoms with Gasteiger partial charge in [0.2, 0.25) is 0 Å². The van der Waals surface area contributed by atoms with Crippen molar-refractivity contribution >= 4 is 22.9 Å². The molecule has 0 spiro atoms. The molecule has 0 aliphatic carbocycles. The van der Waals surface area contributed by atoms with Gasteiger partial charge in [-0.15, -0.1) is 11.3 Å². The lowest BCUT2D eigenvalue weighted by molar-refractivity contribution is 1.10. The quantitative estimate of drug-likeness (QED) is 0.651. The topological polar surface area (TPSA) is 38.9 Å². The number of hydrogen-bond donors (Lipinski definition) is 1. The average molecular weight is 149 g/mol. The minimum Gasteiger partial charge on any atom is -0.326 e. The Morgan fingerprint density at radius 2 is 2.62 bits per heavy atom. The van der Waals surface area contributed by atoms with Crippen LogP contribution in [0.3, 0.4) is 0 Å². The summed E-state index contributed by atoms with van der Waals surface area (Å²) in [5.41, 5.74) is 6.97. The second kappa shape index (κ2) is 2.44. The van der Waals surface area contributed by atoms with Gasteiger partial charge in [0.1, 0.15) is 5.15 Å². The summed E-state index contributed by atoms with van der Waals surface area (Å²) in [4.78, 5) is 4.74. The second-order valence-electron chi connectivity index (χ2n) is 1.27. The van der Waals surface area contributed by atoms with E-state index in [1.54, 1.807) is 5.51 Å². The molecular weight excluding hydrogens is 144 g/mol. The number of thiazole rings is 1. The van der Waals surface area contributed by atoms with Crippen LogP contribution in [-0.2, 0) is 6.54 Å². The van der Waals surface area contributed by atoms with Crippen LogP contribution < -0.4 is 5.73 Å². The summed E-state index contributed by atoms with van der Waals surface area (Å²) in [7, 11) is 0. The van der Waals surface area contributed by atoms with Gasteiger partial charge < -0.3 is 5.73 Å². The fraction of sp³-hybridized carbons (Fsp3) is 0.250. The van der Waals surface area contributed by atoms with Gasteiger partial charge in [-0.3, -0.25) is 0 Å². The van der Waals surface area contributed by atoms with E-state index in [2.05, 4.69) is 4.98 Å². The third-order valence-corrected chi connectivity index (χ3v) is 2.07. The summed E-state index contributed by atoms with van der Waals surface area (Å²) in [5.74, 6) is 0. The van der Waals surface area contributed by atoms with Gasteiger partial charge in [0.05, 0.1) is 10.4 Å². The summed E-state index contributed by atoms with van der Waals surface area (Å²) >= 11 is 7.04. The van der Waals surface area contributed by atoms with Gasteiger partial charge in [-0.25, -0.2) is 4.98 Å². The minimum absolute atomic E-state index is 0.490. The van der Waals surface area contributed by atoms with Crippen molar-refractivity contribution in [3.63, 3.8) is 0 Å². The Kier molecular flexibility index (Phi) is 1.83. The van der Waals surface area contributed by atoms with Crippen molar-refractivity contribution < 1.29 is 0 Å². The molecule has 0 saturated carbocycles. The molecule has 1 aromatic heterocycles. The average Bonchev–Trinajstić information content (AvgIpc) is 2.14. The number of hydrogen-bond acceptors (Lipinski definition) is 3. The van der Waals surface area contributed by atoms with Gasteiger partial charge in [-0.05, 0) is 0 Å². The molecule has 0 radical (unpaired) electrons. The van der Waals surface area contributed by atoms with E-state index in [-0.39, 0.29) is 0 Å². The first kappa shape index (κ1) is 6.01. The largest absolute Gasteiger partial charge is 0.326 e. The van der Waals surface area contributed by atoms with Gasteiger partial charge in [-0.2, -0.15) is 0 Å². The van der Waals surface area contributed by atoms with Crippen molar-refractivity contribution in [1.82, 2.24) is 4.98 Å². The molecule has 0 bridgehead atoms. The normalized spacial score (nSPS) is 9.75. The van der Waals surface area contributed by atoms with Crippen LogP contribution in [0.15, 0.2) is 5.51 Å². The van der Waals surface area contributed by atoms with Crippen LogP contribution in [0, 0.1) is 0 Å². The van der Waals surface area contributed by atoms with E-state index in [4.69, 9.17) is 17.3 Å². The third-order valence-electron chi connectivity index (χ3n) is 0.776. The fourth-order valence-corrected chi connectivity index (χ4v) is 1.24. The van der Waals surface area contributed by atoms with Crippen molar-refractivity contribution in [2.75, 3.05) is 0 Å². The number of halogens is 1. The van der Waals surface area contributed by atoms with E-state index in [0.717, 1.165) is 4.88 Å². The summed E-state index contributed by atoms with van der Waals surface area (Å²) in [5, 5.41) is 0.539. The molecule has 4 heteroatoms. The Hall–Kier alpha value is -0.120. The van der Waals surface area contributed by atoms with Crippen LogP contribution in [0.1, 0.15) is 4.88 Å². The summed E-state index contributed by atoms with van der Waals surface area (Å²) in [6, 6.07) is 0. The second-order valence-corrected chi connectivity index (χ2v) is 2.57. The zero-order valence-electron chi connectivity index (χ0n) is 4.10. The lowest BCUT2D eigenvalue weighted by atomic mass is 10.6. The Morgan fingerprint density at radius 1 is 1.88 bits per heavy atom. The van der Waals surface area contributed by atoms with E-state index in [1.165, 1.54) is 11.3 Å². The predicted octanol–water partition coefficient (Wildman–Crippen LogP) is 1.26. The van der Waals surface area contributed by atoms with Crippen molar-refractivity contribution in [1.29, 1.82) is 0 Å². The zero-order valence-corrected chi connectivity index (χ0v) is 5.67. The van der Waals surface area contributed by atoms with Crippen molar-refractivity contribution in [3.05, 3.63) is 15.5 Å². The molecule has 2 nitrogen and oxygen atoms in total. The first-order valence-corrected chi connectivity index (χ1v) is 3.38. The third kappa shape index (κ3) is 0.992. The van der Waals surface area contributed by atoms with Crippen LogP contribution in [-0.4, -0.2) is 4.98 Å². The molecule has 0 aliphatic rings. The molecule has 0 aliphatic heterocycles. The molecule has 1 heterocycles. The SMILES string of the molecule is NCc1scnc1Cl. The highest BCUT2D eigenvalue weighted by atomic mass is 35.5. The molecule has 0 saturated heterocycles. The van der Waals surface area contributed by atoms with E-state index in [0.29, 0.717) is 11.7 Å². The van der Waals surface area contributed by atoms with E-state index >= 15 is 0 Å². The number of rotatable bonds is 1. The summed E-state index contributed by atoms with van der Waals surface area (Å²) in [6.45, 7) is 0.490. The molecular formula is C4H5ClN2S. The highest BCUT2D eigenvalue weighted by Crippen LogP contribution is 2.16. The highest BCUT2D eigenvalue weighted by Gasteiger charge is 1.97. The van der Waals surface area contributed by atoms with Crippen LogP contribution >= 0.6 is 22.9 Å². The Labute approximate surface area is 56.3 Å². The summed E-state index contributed by atoms with van der Waals surface area (Å²) in [6.07, 6.45) is 0. The number of nitrogens with zero attached hydrogens (tertiary/aromatic N) is 1. The maximum Gasteiger partial charge on any atom is 0.144 e. The first-order valence-electron chi connectivity index (χ1n) is 2.12. The monoisotopic (exact) mass is 148 g/mol. The van der Waals surface area contributed by atoms with Crippen molar-refractivity contribution in [3.8, 4) is 0 Å². The maximum absolute atomic E-state index is 5.56. The molecule has 2 N–H and O–H groups in total. The highest BCUT2D eigenvalue weighted by molar-refractivity contribution is 7.10. The smallest absolute Gasteiger partial charge is 0.144 e. The van der Waals surface area contributed by atoms with E-state index in [9.17, 15) is 0 Å². The van der Waals surface area contributed by atoms with Gasteiger partial charge in [0.15, 0.2) is 0 Å². The van der Waals surface area contributed by atoms with Gasteiger partial charge in [-0.1, -0.05) is 11.6 Å². The van der Waals surface area contributed by atoms with Gasteiger partial charge in [0.25, 0.3) is 0 Å². The van der Waals surface area contributed by atoms with Crippen LogP contribution in [0.25, 0.3) is 0 Å². The van der Waals surface area contributed by atoms with Crippen molar-refractivity contribution in [2.45, 2.75) is 6.54 Å². The van der Waals surface area contributed by atoms with Crippen LogP contribution in [0.2, 0.25) is 5.15 Å². The van der Waals surface area contributed by atoms with E-state index < -0.39 is 0 Å². The van der Waals surface area contributed by atoms with Crippen LogP contribution in [0.4, 0.5) is 0 Å². The molecule has 8 heavy (non-hydrogen) atoms. The zero-order chi connectivity index (χ0) is 5.98. The summed E-state index contributed by atoms with van der Waals surface area (Å²) < 4.78 is 0. The maximum atomic E-state index is 5.56.